The van der Waals surface area contributed by atoms with Gasteiger partial charge in [0.2, 0.25) is 0 Å². The average molecular weight is 258 g/mol. The van der Waals surface area contributed by atoms with Gasteiger partial charge in [-0.15, -0.1) is 0 Å². The molecular weight excluding hydrogens is 235 g/mol. The van der Waals surface area contributed by atoms with Crippen LogP contribution in [0.2, 0.25) is 0 Å². The Labute approximate surface area is 105 Å². The molecule has 1 rings (SSSR count). The summed E-state index contributed by atoms with van der Waals surface area (Å²) < 4.78 is 22.7. The van der Waals surface area contributed by atoms with Gasteiger partial charge < -0.3 is 9.05 Å². The Bertz CT molecular complexity index is 336. The van der Waals surface area contributed by atoms with E-state index in [2.05, 4.69) is 0 Å². The van der Waals surface area contributed by atoms with E-state index in [1.54, 1.807) is 26.0 Å². The summed E-state index contributed by atoms with van der Waals surface area (Å²) in [7, 11) is -3.09. The second kappa shape index (κ2) is 8.46. The van der Waals surface area contributed by atoms with E-state index in [0.717, 1.165) is 5.56 Å². The van der Waals surface area contributed by atoms with Crippen LogP contribution in [0.4, 0.5) is 0 Å². The first kappa shape index (κ1) is 16.4. The number of benzene rings is 1. The molecule has 0 amide bonds. The van der Waals surface area contributed by atoms with Crippen molar-refractivity contribution in [3.8, 4) is 0 Å². The summed E-state index contributed by atoms with van der Waals surface area (Å²) in [5.74, 6) is 0. The Morgan fingerprint density at radius 1 is 1.00 bits per heavy atom. The highest BCUT2D eigenvalue weighted by atomic mass is 31.2. The molecule has 4 heteroatoms. The maximum atomic E-state index is 12.3. The normalized spacial score (nSPS) is 10.6. The van der Waals surface area contributed by atoms with E-state index < -0.39 is 7.60 Å². The first-order chi connectivity index (χ1) is 8.12. The molecule has 0 bridgehead atoms. The maximum Gasteiger partial charge on any atom is 0.361 e. The summed E-state index contributed by atoms with van der Waals surface area (Å²) in [6.07, 6.45) is 0. The predicted octanol–water partition coefficient (Wildman–Crippen LogP) is 3.91. The molecular formula is C13H23O3P. The van der Waals surface area contributed by atoms with Crippen LogP contribution in [0, 0.1) is 6.92 Å². The van der Waals surface area contributed by atoms with E-state index in [4.69, 9.17) is 9.05 Å². The van der Waals surface area contributed by atoms with Gasteiger partial charge in [0.1, 0.15) is 0 Å². The molecule has 0 N–H and O–H groups in total. The lowest BCUT2D eigenvalue weighted by Crippen LogP contribution is -2.10. The molecule has 0 aliphatic rings. The van der Waals surface area contributed by atoms with E-state index in [1.807, 2.05) is 32.9 Å². The molecule has 0 spiro atoms. The third-order valence-corrected chi connectivity index (χ3v) is 4.08. The summed E-state index contributed by atoms with van der Waals surface area (Å²) >= 11 is 0. The van der Waals surface area contributed by atoms with Gasteiger partial charge in [-0.05, 0) is 32.9 Å². The van der Waals surface area contributed by atoms with Crippen molar-refractivity contribution in [1.29, 1.82) is 0 Å². The number of aryl methyl sites for hydroxylation is 1. The Balaban J connectivity index is 0.00000121. The van der Waals surface area contributed by atoms with Gasteiger partial charge in [0, 0.05) is 0 Å². The highest BCUT2D eigenvalue weighted by molar-refractivity contribution is 7.62. The quantitative estimate of drug-likeness (QED) is 0.751. The minimum Gasteiger partial charge on any atom is -0.305 e. The Morgan fingerprint density at radius 3 is 1.76 bits per heavy atom. The maximum absolute atomic E-state index is 12.3. The van der Waals surface area contributed by atoms with Crippen molar-refractivity contribution in [2.45, 2.75) is 34.6 Å². The molecule has 0 aliphatic carbocycles. The number of hydrogen-bond acceptors (Lipinski definition) is 3. The molecule has 17 heavy (non-hydrogen) atoms. The third kappa shape index (κ3) is 5.03. The predicted molar refractivity (Wildman–Crippen MR) is 73.0 cm³/mol. The lowest BCUT2D eigenvalue weighted by molar-refractivity contribution is 0.230. The summed E-state index contributed by atoms with van der Waals surface area (Å²) in [5, 5.41) is 0.622. The van der Waals surface area contributed by atoms with Crippen LogP contribution >= 0.6 is 7.60 Å². The topological polar surface area (TPSA) is 35.5 Å². The van der Waals surface area contributed by atoms with Crippen molar-refractivity contribution in [2.75, 3.05) is 13.2 Å². The molecule has 0 saturated heterocycles. The minimum atomic E-state index is -3.09. The summed E-state index contributed by atoms with van der Waals surface area (Å²) in [6, 6.07) is 7.39. The van der Waals surface area contributed by atoms with E-state index in [0.29, 0.717) is 18.5 Å². The van der Waals surface area contributed by atoms with E-state index in [1.165, 1.54) is 0 Å². The fourth-order valence-electron chi connectivity index (χ4n) is 1.25. The zero-order valence-electron chi connectivity index (χ0n) is 11.4. The van der Waals surface area contributed by atoms with Gasteiger partial charge >= 0.3 is 7.60 Å². The molecule has 0 radical (unpaired) electrons. The van der Waals surface area contributed by atoms with Gasteiger partial charge in [0.25, 0.3) is 0 Å². The van der Waals surface area contributed by atoms with Crippen molar-refractivity contribution >= 4 is 12.9 Å². The minimum absolute atomic E-state index is 0.380. The number of rotatable bonds is 5. The van der Waals surface area contributed by atoms with Crippen LogP contribution in [0.15, 0.2) is 24.3 Å². The lowest BCUT2D eigenvalue weighted by Gasteiger charge is -2.16. The van der Waals surface area contributed by atoms with Crippen LogP contribution in [0.3, 0.4) is 0 Å². The smallest absolute Gasteiger partial charge is 0.305 e. The van der Waals surface area contributed by atoms with Crippen molar-refractivity contribution < 1.29 is 13.6 Å². The largest absolute Gasteiger partial charge is 0.361 e. The van der Waals surface area contributed by atoms with Crippen molar-refractivity contribution in [3.63, 3.8) is 0 Å². The van der Waals surface area contributed by atoms with Crippen LogP contribution in [0.5, 0.6) is 0 Å². The fourth-order valence-corrected chi connectivity index (χ4v) is 2.82. The summed E-state index contributed by atoms with van der Waals surface area (Å²) in [5.41, 5.74) is 1.12. The van der Waals surface area contributed by atoms with Crippen molar-refractivity contribution in [2.24, 2.45) is 0 Å². The zero-order valence-corrected chi connectivity index (χ0v) is 12.3. The van der Waals surface area contributed by atoms with E-state index >= 15 is 0 Å². The van der Waals surface area contributed by atoms with Gasteiger partial charge in [-0.1, -0.05) is 31.5 Å². The van der Waals surface area contributed by atoms with Crippen molar-refractivity contribution in [1.82, 2.24) is 0 Å². The zero-order chi connectivity index (χ0) is 13.3. The monoisotopic (exact) mass is 258 g/mol. The lowest BCUT2D eigenvalue weighted by atomic mass is 10.2. The summed E-state index contributed by atoms with van der Waals surface area (Å²) in [6.45, 7) is 10.4. The van der Waals surface area contributed by atoms with E-state index in [9.17, 15) is 4.57 Å². The molecule has 0 aromatic heterocycles. The fraction of sp³-hybridized carbons (Fsp3) is 0.538. The number of hydrogen-bond donors (Lipinski definition) is 0. The molecule has 98 valence electrons. The average Bonchev–Trinajstić information content (AvgIpc) is 2.33. The molecule has 0 heterocycles. The second-order valence-corrected chi connectivity index (χ2v) is 5.20. The Hall–Kier alpha value is -0.630. The molecule has 0 fully saturated rings. The molecule has 0 aliphatic heterocycles. The van der Waals surface area contributed by atoms with Crippen LogP contribution in [-0.2, 0) is 13.6 Å². The molecule has 1 aromatic rings. The van der Waals surface area contributed by atoms with E-state index in [-0.39, 0.29) is 0 Å². The van der Waals surface area contributed by atoms with Crippen molar-refractivity contribution in [3.05, 3.63) is 29.8 Å². The Kier molecular flexibility index (Phi) is 8.15. The standard InChI is InChI=1S/C11H17O3P.C2H6/c1-4-13-15(12,14-5-2)11-8-6-10(3)7-9-11;1-2/h6-9H,4-5H2,1-3H3;1-2H3. The Morgan fingerprint density at radius 2 is 1.41 bits per heavy atom. The molecule has 0 saturated carbocycles. The van der Waals surface area contributed by atoms with Crippen LogP contribution in [-0.4, -0.2) is 13.2 Å². The molecule has 1 aromatic carbocycles. The van der Waals surface area contributed by atoms with Crippen LogP contribution in [0.1, 0.15) is 33.3 Å². The van der Waals surface area contributed by atoms with Gasteiger partial charge in [0.05, 0.1) is 18.5 Å². The van der Waals surface area contributed by atoms with Gasteiger partial charge in [-0.3, -0.25) is 4.57 Å². The van der Waals surface area contributed by atoms with Gasteiger partial charge in [-0.25, -0.2) is 0 Å². The third-order valence-electron chi connectivity index (χ3n) is 1.95. The van der Waals surface area contributed by atoms with Crippen LogP contribution in [0.25, 0.3) is 0 Å². The van der Waals surface area contributed by atoms with Crippen LogP contribution < -0.4 is 5.30 Å². The van der Waals surface area contributed by atoms with Gasteiger partial charge in [0.15, 0.2) is 0 Å². The highest BCUT2D eigenvalue weighted by Crippen LogP contribution is 2.46. The molecule has 3 nitrogen and oxygen atoms in total. The summed E-state index contributed by atoms with van der Waals surface area (Å²) in [4.78, 5) is 0. The molecule has 0 unspecified atom stereocenters. The first-order valence-electron chi connectivity index (χ1n) is 6.08. The molecule has 0 atom stereocenters. The SMILES string of the molecule is CC.CCOP(=O)(OCC)c1ccc(C)cc1. The van der Waals surface area contributed by atoms with Gasteiger partial charge in [-0.2, -0.15) is 0 Å². The second-order valence-electron chi connectivity index (χ2n) is 3.17. The first-order valence-corrected chi connectivity index (χ1v) is 7.63. The highest BCUT2D eigenvalue weighted by Gasteiger charge is 2.25.